The molecule has 212 valence electrons. The summed E-state index contributed by atoms with van der Waals surface area (Å²) < 4.78 is 0. The minimum atomic E-state index is -1.30. The normalized spacial score (nSPS) is 10.9. The van der Waals surface area contributed by atoms with Crippen molar-refractivity contribution in [2.45, 2.75) is 11.8 Å². The summed E-state index contributed by atoms with van der Waals surface area (Å²) in [6, 6.07) is 26.8. The number of aryl methyl sites for hydroxylation is 1. The molecule has 0 bridgehead atoms. The van der Waals surface area contributed by atoms with Crippen molar-refractivity contribution in [2.75, 3.05) is 16.4 Å². The molecule has 0 atom stereocenters. The summed E-state index contributed by atoms with van der Waals surface area (Å²) in [6.45, 7) is 1.96. The first-order valence-corrected chi connectivity index (χ1v) is 13.7. The van der Waals surface area contributed by atoms with Gasteiger partial charge in [-0.25, -0.2) is 4.79 Å². The van der Waals surface area contributed by atoms with Crippen LogP contribution in [0.4, 0.5) is 11.4 Å². The average molecular weight is 582 g/mol. The third kappa shape index (κ3) is 8.33. The zero-order valence-corrected chi connectivity index (χ0v) is 23.3. The number of nitrogens with one attached hydrogen (secondary N) is 3. The van der Waals surface area contributed by atoms with Gasteiger partial charge in [-0.15, -0.1) is 11.8 Å². The van der Waals surface area contributed by atoms with Crippen molar-refractivity contribution < 1.29 is 29.4 Å². The highest BCUT2D eigenvalue weighted by atomic mass is 32.2. The molecular formula is C32H27N3O6S. The molecule has 0 aliphatic heterocycles. The second kappa shape index (κ2) is 13.8. The topological polar surface area (TPSA) is 145 Å². The van der Waals surface area contributed by atoms with Crippen LogP contribution in [-0.4, -0.2) is 39.7 Å². The Morgan fingerprint density at radius 2 is 1.48 bits per heavy atom. The molecular weight excluding hydrogens is 554 g/mol. The van der Waals surface area contributed by atoms with E-state index in [2.05, 4.69) is 16.0 Å². The number of thioether (sulfide) groups is 1. The summed E-state index contributed by atoms with van der Waals surface area (Å²) in [5.74, 6) is -2.93. The van der Waals surface area contributed by atoms with Gasteiger partial charge in [0.15, 0.2) is 0 Å². The first-order chi connectivity index (χ1) is 20.2. The predicted octanol–water partition coefficient (Wildman–Crippen LogP) is 5.54. The van der Waals surface area contributed by atoms with Gasteiger partial charge in [0.05, 0.1) is 5.75 Å². The Morgan fingerprint density at radius 1 is 0.810 bits per heavy atom. The lowest BCUT2D eigenvalue weighted by atomic mass is 10.1. The van der Waals surface area contributed by atoms with Crippen LogP contribution < -0.4 is 16.0 Å². The fourth-order valence-corrected chi connectivity index (χ4v) is 4.43. The first-order valence-electron chi connectivity index (χ1n) is 12.7. The fourth-order valence-electron chi connectivity index (χ4n) is 3.74. The molecule has 0 unspecified atom stereocenters. The van der Waals surface area contributed by atoms with Gasteiger partial charge in [-0.05, 0) is 73.2 Å². The Morgan fingerprint density at radius 3 is 2.14 bits per heavy atom. The maximum absolute atomic E-state index is 13.2. The zero-order chi connectivity index (χ0) is 30.1. The van der Waals surface area contributed by atoms with E-state index in [9.17, 15) is 24.3 Å². The molecule has 4 aromatic carbocycles. The van der Waals surface area contributed by atoms with Gasteiger partial charge in [0, 0.05) is 21.8 Å². The summed E-state index contributed by atoms with van der Waals surface area (Å²) in [5.41, 5.74) is 2.73. The molecule has 0 aliphatic rings. The van der Waals surface area contributed by atoms with E-state index in [0.717, 1.165) is 16.0 Å². The molecule has 0 heterocycles. The van der Waals surface area contributed by atoms with Crippen molar-refractivity contribution in [1.29, 1.82) is 0 Å². The summed E-state index contributed by atoms with van der Waals surface area (Å²) in [6.07, 6.45) is 1.60. The van der Waals surface area contributed by atoms with Crippen molar-refractivity contribution in [2.24, 2.45) is 0 Å². The van der Waals surface area contributed by atoms with E-state index in [1.807, 2.05) is 31.2 Å². The third-order valence-corrected chi connectivity index (χ3v) is 6.92. The van der Waals surface area contributed by atoms with Crippen LogP contribution in [0.5, 0.6) is 5.75 Å². The number of hydrogen-bond donors (Lipinski definition) is 5. The van der Waals surface area contributed by atoms with Crippen LogP contribution in [0, 0.1) is 6.92 Å². The minimum absolute atomic E-state index is 0.0456. The molecule has 3 amide bonds. The monoisotopic (exact) mass is 581 g/mol. The molecule has 0 radical (unpaired) electrons. The van der Waals surface area contributed by atoms with E-state index < -0.39 is 23.5 Å². The lowest BCUT2D eigenvalue weighted by Crippen LogP contribution is -2.30. The van der Waals surface area contributed by atoms with Crippen molar-refractivity contribution in [1.82, 2.24) is 5.32 Å². The number of carbonyl (C=O) groups excluding carboxylic acids is 3. The van der Waals surface area contributed by atoms with Gasteiger partial charge in [0.2, 0.25) is 5.91 Å². The lowest BCUT2D eigenvalue weighted by molar-refractivity contribution is -0.114. The van der Waals surface area contributed by atoms with E-state index in [1.54, 1.807) is 60.7 Å². The molecule has 0 aromatic heterocycles. The molecule has 9 nitrogen and oxygen atoms in total. The van der Waals surface area contributed by atoms with Crippen molar-refractivity contribution in [3.05, 3.63) is 125 Å². The molecule has 10 heteroatoms. The van der Waals surface area contributed by atoms with Gasteiger partial charge in [0.1, 0.15) is 17.0 Å². The van der Waals surface area contributed by atoms with Crippen molar-refractivity contribution in [3.8, 4) is 5.75 Å². The Balaban J connectivity index is 1.39. The van der Waals surface area contributed by atoms with E-state index in [-0.39, 0.29) is 28.6 Å². The number of carboxylic acids is 1. The smallest absolute Gasteiger partial charge is 0.339 e. The summed E-state index contributed by atoms with van der Waals surface area (Å²) in [5, 5.41) is 26.8. The van der Waals surface area contributed by atoms with Crippen LogP contribution in [-0.2, 0) is 9.59 Å². The molecule has 0 spiro atoms. The molecule has 0 fully saturated rings. The highest BCUT2D eigenvalue weighted by molar-refractivity contribution is 8.00. The Kier molecular flexibility index (Phi) is 9.75. The van der Waals surface area contributed by atoms with E-state index in [1.165, 1.54) is 30.0 Å². The van der Waals surface area contributed by atoms with Crippen LogP contribution in [0.15, 0.2) is 108 Å². The molecule has 0 saturated heterocycles. The number of phenols is 1. The number of carboxylic acid groups (broad SMARTS) is 1. The first kappa shape index (κ1) is 29.6. The number of benzene rings is 4. The summed E-state index contributed by atoms with van der Waals surface area (Å²) >= 11 is 1.25. The van der Waals surface area contributed by atoms with Gasteiger partial charge in [-0.1, -0.05) is 48.0 Å². The molecule has 0 aliphatic carbocycles. The minimum Gasteiger partial charge on any atom is -0.507 e. The van der Waals surface area contributed by atoms with Crippen LogP contribution in [0.2, 0.25) is 0 Å². The maximum atomic E-state index is 13.2. The van der Waals surface area contributed by atoms with Crippen LogP contribution in [0.1, 0.15) is 31.8 Å². The van der Waals surface area contributed by atoms with E-state index in [0.29, 0.717) is 11.3 Å². The van der Waals surface area contributed by atoms with E-state index >= 15 is 0 Å². The van der Waals surface area contributed by atoms with E-state index in [4.69, 9.17) is 5.11 Å². The number of aromatic carboxylic acids is 1. The molecule has 42 heavy (non-hydrogen) atoms. The lowest BCUT2D eigenvalue weighted by Gasteiger charge is -2.12. The second-order valence-electron chi connectivity index (χ2n) is 9.14. The Hall–Kier alpha value is -5.35. The number of carbonyl (C=O) groups is 4. The predicted molar refractivity (Wildman–Crippen MR) is 163 cm³/mol. The SMILES string of the molecule is Cc1ccc(/C=C(\NC(=O)c2ccccc2)C(=O)Nc2ccc(SCC(=O)Nc3ccc(O)c(C(=O)O)c3)cc2)cc1. The number of rotatable bonds is 10. The van der Waals surface area contributed by atoms with Gasteiger partial charge in [0.25, 0.3) is 11.8 Å². The van der Waals surface area contributed by atoms with Crippen molar-refractivity contribution in [3.63, 3.8) is 0 Å². The summed E-state index contributed by atoms with van der Waals surface area (Å²) in [4.78, 5) is 50.3. The van der Waals surface area contributed by atoms with Gasteiger partial charge >= 0.3 is 5.97 Å². The fraction of sp³-hybridized carbons (Fsp3) is 0.0625. The zero-order valence-electron chi connectivity index (χ0n) is 22.5. The second-order valence-corrected chi connectivity index (χ2v) is 10.2. The quantitative estimate of drug-likeness (QED) is 0.0939. The van der Waals surface area contributed by atoms with Gasteiger partial charge in [-0.2, -0.15) is 0 Å². The van der Waals surface area contributed by atoms with Gasteiger partial charge < -0.3 is 26.2 Å². The Bertz CT molecular complexity index is 1640. The molecule has 5 N–H and O–H groups in total. The number of anilines is 2. The largest absolute Gasteiger partial charge is 0.507 e. The van der Waals surface area contributed by atoms with Gasteiger partial charge in [-0.3, -0.25) is 14.4 Å². The maximum Gasteiger partial charge on any atom is 0.339 e. The highest BCUT2D eigenvalue weighted by Crippen LogP contribution is 2.24. The van der Waals surface area contributed by atoms with Crippen LogP contribution in [0.3, 0.4) is 0 Å². The van der Waals surface area contributed by atoms with Crippen LogP contribution >= 0.6 is 11.8 Å². The summed E-state index contributed by atoms with van der Waals surface area (Å²) in [7, 11) is 0. The Labute approximate surface area is 246 Å². The number of hydrogen-bond acceptors (Lipinski definition) is 6. The molecule has 4 aromatic rings. The van der Waals surface area contributed by atoms with Crippen LogP contribution in [0.25, 0.3) is 6.08 Å². The highest BCUT2D eigenvalue weighted by Gasteiger charge is 2.16. The average Bonchev–Trinajstić information content (AvgIpc) is 2.98. The number of aromatic hydroxyl groups is 1. The number of amides is 3. The van der Waals surface area contributed by atoms with Crippen molar-refractivity contribution >= 4 is 52.9 Å². The molecule has 0 saturated carbocycles. The molecule has 4 rings (SSSR count). The standard InChI is InChI=1S/C32H27N3O6S/c1-20-7-9-21(10-8-20)17-27(35-30(38)22-5-3-2-4-6-22)31(39)34-23-11-14-25(15-12-23)42-19-29(37)33-24-13-16-28(36)26(18-24)32(40)41/h2-18,36H,19H2,1H3,(H,33,37)(H,34,39)(H,35,38)(H,40,41)/b27-17-. The third-order valence-electron chi connectivity index (χ3n) is 5.91.